The lowest BCUT2D eigenvalue weighted by atomic mass is 9.92. The van der Waals surface area contributed by atoms with E-state index < -0.39 is 0 Å². The lowest BCUT2D eigenvalue weighted by molar-refractivity contribution is 0.0449. The Morgan fingerprint density at radius 1 is 1.32 bits per heavy atom. The minimum Gasteiger partial charge on any atom is -0.394 e. The monoisotopic (exact) mass is 306 g/mol. The Labute approximate surface area is 132 Å². The summed E-state index contributed by atoms with van der Waals surface area (Å²) in [5.41, 5.74) is 1.09. The summed E-state index contributed by atoms with van der Waals surface area (Å²) < 4.78 is 5.44. The summed E-state index contributed by atoms with van der Waals surface area (Å²) in [4.78, 5) is 12.1. The molecule has 0 bridgehead atoms. The summed E-state index contributed by atoms with van der Waals surface area (Å²) in [6, 6.07) is 9.37. The van der Waals surface area contributed by atoms with Gasteiger partial charge in [-0.25, -0.2) is 4.79 Å². The standard InChI is InChI=1S/C17H26N2O3/c1-22-16-10-6-5-9-15(16)19-17(21)18-14(12-20)11-13-7-3-2-4-8-13/h2-4,7-8,14-16,20H,5-6,9-12H2,1H3,(H2,18,19,21)/t14-,15-,16+/m1/s1. The van der Waals surface area contributed by atoms with Crippen LogP contribution in [0.1, 0.15) is 31.2 Å². The molecule has 0 heterocycles. The topological polar surface area (TPSA) is 70.6 Å². The summed E-state index contributed by atoms with van der Waals surface area (Å²) in [7, 11) is 1.69. The van der Waals surface area contributed by atoms with Crippen molar-refractivity contribution in [3.63, 3.8) is 0 Å². The maximum absolute atomic E-state index is 12.1. The van der Waals surface area contributed by atoms with Crippen LogP contribution in [0.5, 0.6) is 0 Å². The van der Waals surface area contributed by atoms with Crippen LogP contribution < -0.4 is 10.6 Å². The van der Waals surface area contributed by atoms with Gasteiger partial charge < -0.3 is 20.5 Å². The van der Waals surface area contributed by atoms with Crippen LogP contribution >= 0.6 is 0 Å². The summed E-state index contributed by atoms with van der Waals surface area (Å²) >= 11 is 0. The van der Waals surface area contributed by atoms with Crippen molar-refractivity contribution in [1.82, 2.24) is 10.6 Å². The molecule has 0 radical (unpaired) electrons. The van der Waals surface area contributed by atoms with Crippen molar-refractivity contribution in [3.05, 3.63) is 35.9 Å². The number of carbonyl (C=O) groups excluding carboxylic acids is 1. The molecule has 1 fully saturated rings. The van der Waals surface area contributed by atoms with E-state index in [1.165, 1.54) is 0 Å². The van der Waals surface area contributed by atoms with Crippen molar-refractivity contribution in [2.24, 2.45) is 0 Å². The molecule has 5 nitrogen and oxygen atoms in total. The van der Waals surface area contributed by atoms with Crippen LogP contribution in [0.2, 0.25) is 0 Å². The van der Waals surface area contributed by atoms with E-state index in [1.54, 1.807) is 7.11 Å². The van der Waals surface area contributed by atoms with Crippen molar-refractivity contribution < 1.29 is 14.6 Å². The fraction of sp³-hybridized carbons (Fsp3) is 0.588. The zero-order valence-corrected chi connectivity index (χ0v) is 13.1. The zero-order chi connectivity index (χ0) is 15.8. The van der Waals surface area contributed by atoms with E-state index in [0.717, 1.165) is 31.2 Å². The van der Waals surface area contributed by atoms with Crippen LogP contribution in [0.3, 0.4) is 0 Å². The molecule has 0 unspecified atom stereocenters. The number of nitrogens with one attached hydrogen (secondary N) is 2. The highest BCUT2D eigenvalue weighted by molar-refractivity contribution is 5.74. The first kappa shape index (κ1) is 16.8. The largest absolute Gasteiger partial charge is 0.394 e. The molecular formula is C17H26N2O3. The summed E-state index contributed by atoms with van der Waals surface area (Å²) in [5.74, 6) is 0. The summed E-state index contributed by atoms with van der Waals surface area (Å²) in [5, 5.41) is 15.3. The van der Waals surface area contributed by atoms with Gasteiger partial charge >= 0.3 is 6.03 Å². The van der Waals surface area contributed by atoms with Gasteiger partial charge in [0.25, 0.3) is 0 Å². The van der Waals surface area contributed by atoms with Crippen LogP contribution in [-0.2, 0) is 11.2 Å². The van der Waals surface area contributed by atoms with Gasteiger partial charge in [0.1, 0.15) is 0 Å². The highest BCUT2D eigenvalue weighted by atomic mass is 16.5. The van der Waals surface area contributed by atoms with E-state index in [2.05, 4.69) is 10.6 Å². The fourth-order valence-corrected chi connectivity index (χ4v) is 3.00. The Kier molecular flexibility index (Phi) is 6.68. The molecule has 122 valence electrons. The van der Waals surface area contributed by atoms with E-state index >= 15 is 0 Å². The van der Waals surface area contributed by atoms with Gasteiger partial charge in [0.05, 0.1) is 24.8 Å². The number of amides is 2. The van der Waals surface area contributed by atoms with E-state index in [4.69, 9.17) is 4.74 Å². The predicted octanol–water partition coefficient (Wildman–Crippen LogP) is 1.85. The second-order valence-corrected chi connectivity index (χ2v) is 5.85. The third-order valence-corrected chi connectivity index (χ3v) is 4.20. The Hall–Kier alpha value is -1.59. The van der Waals surface area contributed by atoms with Gasteiger partial charge in [-0.2, -0.15) is 0 Å². The van der Waals surface area contributed by atoms with E-state index in [-0.39, 0.29) is 30.8 Å². The third kappa shape index (κ3) is 5.00. The first-order valence-electron chi connectivity index (χ1n) is 7.97. The molecule has 22 heavy (non-hydrogen) atoms. The lowest BCUT2D eigenvalue weighted by Gasteiger charge is -2.31. The normalized spacial score (nSPS) is 22.8. The molecule has 1 aliphatic carbocycles. The Morgan fingerprint density at radius 2 is 2.05 bits per heavy atom. The molecule has 1 saturated carbocycles. The van der Waals surface area contributed by atoms with Gasteiger partial charge in [0.2, 0.25) is 0 Å². The maximum atomic E-state index is 12.1. The highest BCUT2D eigenvalue weighted by Crippen LogP contribution is 2.20. The molecule has 0 spiro atoms. The van der Waals surface area contributed by atoms with Gasteiger partial charge in [0, 0.05) is 7.11 Å². The highest BCUT2D eigenvalue weighted by Gasteiger charge is 2.26. The Morgan fingerprint density at radius 3 is 2.73 bits per heavy atom. The lowest BCUT2D eigenvalue weighted by Crippen LogP contribution is -2.52. The molecule has 0 saturated heterocycles. The summed E-state index contributed by atoms with van der Waals surface area (Å²) in [6.45, 7) is -0.0827. The number of methoxy groups -OCH3 is 1. The molecule has 3 N–H and O–H groups in total. The molecule has 3 atom stereocenters. The molecule has 1 aliphatic rings. The molecule has 1 aromatic rings. The Bertz CT molecular complexity index is 452. The van der Waals surface area contributed by atoms with E-state index in [1.807, 2.05) is 30.3 Å². The van der Waals surface area contributed by atoms with Crippen molar-refractivity contribution in [3.8, 4) is 0 Å². The smallest absolute Gasteiger partial charge is 0.315 e. The molecule has 0 aromatic heterocycles. The molecule has 5 heteroatoms. The third-order valence-electron chi connectivity index (χ3n) is 4.20. The molecule has 0 aliphatic heterocycles. The van der Waals surface area contributed by atoms with Gasteiger partial charge in [-0.05, 0) is 24.8 Å². The number of aliphatic hydroxyl groups excluding tert-OH is 1. The van der Waals surface area contributed by atoms with Gasteiger partial charge in [-0.1, -0.05) is 43.2 Å². The van der Waals surface area contributed by atoms with Crippen molar-refractivity contribution in [2.45, 2.75) is 50.3 Å². The molecular weight excluding hydrogens is 280 g/mol. The van der Waals surface area contributed by atoms with Crippen molar-refractivity contribution >= 4 is 6.03 Å². The number of urea groups is 1. The van der Waals surface area contributed by atoms with Crippen LogP contribution in [0.4, 0.5) is 4.79 Å². The predicted molar refractivity (Wildman–Crippen MR) is 85.7 cm³/mol. The van der Waals surface area contributed by atoms with Crippen LogP contribution in [0.15, 0.2) is 30.3 Å². The number of hydrogen-bond acceptors (Lipinski definition) is 3. The fourth-order valence-electron chi connectivity index (χ4n) is 3.00. The minimum atomic E-state index is -0.285. The number of aliphatic hydroxyl groups is 1. The minimum absolute atomic E-state index is 0.0508. The number of ether oxygens (including phenoxy) is 1. The van der Waals surface area contributed by atoms with Crippen molar-refractivity contribution in [1.29, 1.82) is 0 Å². The van der Waals surface area contributed by atoms with Gasteiger partial charge in [-0.3, -0.25) is 0 Å². The van der Waals surface area contributed by atoms with E-state index in [9.17, 15) is 9.90 Å². The summed E-state index contributed by atoms with van der Waals surface area (Å²) in [6.07, 6.45) is 4.87. The van der Waals surface area contributed by atoms with Gasteiger partial charge in [0.15, 0.2) is 0 Å². The second kappa shape index (κ2) is 8.76. The SMILES string of the molecule is CO[C@H]1CCCC[C@H]1NC(=O)N[C@@H](CO)Cc1ccccc1. The van der Waals surface area contributed by atoms with E-state index in [0.29, 0.717) is 6.42 Å². The number of carbonyl (C=O) groups is 1. The first-order valence-corrected chi connectivity index (χ1v) is 7.97. The number of rotatable bonds is 6. The van der Waals surface area contributed by atoms with Gasteiger partial charge in [-0.15, -0.1) is 0 Å². The van der Waals surface area contributed by atoms with Crippen molar-refractivity contribution in [2.75, 3.05) is 13.7 Å². The van der Waals surface area contributed by atoms with Crippen LogP contribution in [0.25, 0.3) is 0 Å². The number of benzene rings is 1. The maximum Gasteiger partial charge on any atom is 0.315 e. The Balaban J connectivity index is 1.83. The average molecular weight is 306 g/mol. The molecule has 2 rings (SSSR count). The average Bonchev–Trinajstić information content (AvgIpc) is 2.55. The zero-order valence-electron chi connectivity index (χ0n) is 13.1. The number of hydrogen-bond donors (Lipinski definition) is 3. The molecule has 2 amide bonds. The second-order valence-electron chi connectivity index (χ2n) is 5.85. The van der Waals surface area contributed by atoms with Crippen LogP contribution in [0, 0.1) is 0 Å². The first-order chi connectivity index (χ1) is 10.7. The molecule has 1 aromatic carbocycles. The quantitative estimate of drug-likeness (QED) is 0.751. The van der Waals surface area contributed by atoms with Crippen LogP contribution in [-0.4, -0.2) is 43.0 Å².